The summed E-state index contributed by atoms with van der Waals surface area (Å²) in [5.74, 6) is -0.245. The fourth-order valence-corrected chi connectivity index (χ4v) is 4.30. The molecule has 2 aliphatic rings. The summed E-state index contributed by atoms with van der Waals surface area (Å²) in [6.07, 6.45) is -1.30. The van der Waals surface area contributed by atoms with Crippen LogP contribution in [0.15, 0.2) is 46.2 Å². The first-order valence-electron chi connectivity index (χ1n) is 8.22. The highest BCUT2D eigenvalue weighted by Gasteiger charge is 2.34. The van der Waals surface area contributed by atoms with E-state index in [1.54, 1.807) is 0 Å². The minimum absolute atomic E-state index is 0.0753. The Morgan fingerprint density at radius 2 is 1.88 bits per heavy atom. The van der Waals surface area contributed by atoms with Crippen molar-refractivity contribution < 1.29 is 18.0 Å². The monoisotopic (exact) mass is 363 g/mol. The van der Waals surface area contributed by atoms with Crippen LogP contribution in [0.1, 0.15) is 36.0 Å². The topological polar surface area (TPSA) is 29.1 Å². The molecule has 4 rings (SSSR count). The molecule has 0 bridgehead atoms. The highest BCUT2D eigenvalue weighted by molar-refractivity contribution is 7.99. The SMILES string of the molecule is O=C(Nc1cc(C(F)(F)F)cc2c1Cc1ccccc1S2)C1CCC1. The zero-order chi connectivity index (χ0) is 17.6. The number of rotatable bonds is 2. The van der Waals surface area contributed by atoms with Crippen LogP contribution in [-0.4, -0.2) is 5.91 Å². The smallest absolute Gasteiger partial charge is 0.326 e. The van der Waals surface area contributed by atoms with Crippen LogP contribution < -0.4 is 5.32 Å². The molecule has 0 radical (unpaired) electrons. The van der Waals surface area contributed by atoms with Gasteiger partial charge in [0, 0.05) is 27.8 Å². The van der Waals surface area contributed by atoms with E-state index in [9.17, 15) is 18.0 Å². The third kappa shape index (κ3) is 3.15. The molecule has 130 valence electrons. The normalized spacial score (nSPS) is 16.6. The second-order valence-electron chi connectivity index (χ2n) is 6.50. The number of carbonyl (C=O) groups excluding carboxylic acids is 1. The summed E-state index contributed by atoms with van der Waals surface area (Å²) in [5.41, 5.74) is 1.41. The number of amides is 1. The number of nitrogens with one attached hydrogen (secondary N) is 1. The summed E-state index contributed by atoms with van der Waals surface area (Å²) in [6, 6.07) is 9.94. The van der Waals surface area contributed by atoms with Crippen LogP contribution in [0.25, 0.3) is 0 Å². The fourth-order valence-electron chi connectivity index (χ4n) is 3.16. The molecule has 1 amide bonds. The van der Waals surface area contributed by atoms with Gasteiger partial charge in [-0.15, -0.1) is 0 Å². The first-order chi connectivity index (χ1) is 11.9. The maximum absolute atomic E-state index is 13.3. The first-order valence-corrected chi connectivity index (χ1v) is 9.04. The number of fused-ring (bicyclic) bond motifs is 2. The quantitative estimate of drug-likeness (QED) is 0.651. The first kappa shape index (κ1) is 16.5. The van der Waals surface area contributed by atoms with Gasteiger partial charge in [-0.1, -0.05) is 36.4 Å². The molecule has 0 unspecified atom stereocenters. The number of halogens is 3. The van der Waals surface area contributed by atoms with Gasteiger partial charge in [0.15, 0.2) is 0 Å². The van der Waals surface area contributed by atoms with Gasteiger partial charge >= 0.3 is 6.18 Å². The maximum Gasteiger partial charge on any atom is 0.416 e. The Morgan fingerprint density at radius 3 is 2.56 bits per heavy atom. The van der Waals surface area contributed by atoms with E-state index in [1.165, 1.54) is 17.8 Å². The summed E-state index contributed by atoms with van der Waals surface area (Å²) in [7, 11) is 0. The lowest BCUT2D eigenvalue weighted by Gasteiger charge is -2.27. The Hall–Kier alpha value is -1.95. The van der Waals surface area contributed by atoms with Crippen molar-refractivity contribution >= 4 is 23.4 Å². The van der Waals surface area contributed by atoms with Crippen LogP contribution in [0.3, 0.4) is 0 Å². The van der Waals surface area contributed by atoms with Gasteiger partial charge in [-0.3, -0.25) is 4.79 Å². The van der Waals surface area contributed by atoms with Crippen LogP contribution >= 0.6 is 11.8 Å². The van der Waals surface area contributed by atoms with E-state index in [0.717, 1.165) is 41.4 Å². The average molecular weight is 363 g/mol. The lowest BCUT2D eigenvalue weighted by atomic mass is 9.84. The summed E-state index contributed by atoms with van der Waals surface area (Å²) < 4.78 is 39.9. The van der Waals surface area contributed by atoms with Crippen LogP contribution in [0.2, 0.25) is 0 Å². The lowest BCUT2D eigenvalue weighted by molar-refractivity contribution is -0.137. The van der Waals surface area contributed by atoms with Gasteiger partial charge in [-0.25, -0.2) is 0 Å². The van der Waals surface area contributed by atoms with Crippen molar-refractivity contribution in [1.29, 1.82) is 0 Å². The third-order valence-electron chi connectivity index (χ3n) is 4.83. The molecule has 1 heterocycles. The molecule has 0 atom stereocenters. The lowest BCUT2D eigenvalue weighted by Crippen LogP contribution is -2.28. The molecule has 1 aliphatic carbocycles. The number of anilines is 1. The van der Waals surface area contributed by atoms with E-state index in [4.69, 9.17) is 0 Å². The van der Waals surface area contributed by atoms with Gasteiger partial charge in [-0.05, 0) is 42.2 Å². The van der Waals surface area contributed by atoms with Crippen molar-refractivity contribution in [3.8, 4) is 0 Å². The van der Waals surface area contributed by atoms with E-state index in [1.807, 2.05) is 24.3 Å². The zero-order valence-electron chi connectivity index (χ0n) is 13.3. The molecule has 0 spiro atoms. The fraction of sp³-hybridized carbons (Fsp3) is 0.316. The van der Waals surface area contributed by atoms with Crippen LogP contribution in [0.4, 0.5) is 18.9 Å². The van der Waals surface area contributed by atoms with Crippen molar-refractivity contribution in [3.05, 3.63) is 53.1 Å². The van der Waals surface area contributed by atoms with E-state index in [0.29, 0.717) is 17.0 Å². The van der Waals surface area contributed by atoms with Crippen molar-refractivity contribution in [3.63, 3.8) is 0 Å². The van der Waals surface area contributed by atoms with Crippen molar-refractivity contribution in [2.75, 3.05) is 5.32 Å². The Morgan fingerprint density at radius 1 is 1.12 bits per heavy atom. The van der Waals surface area contributed by atoms with Gasteiger partial charge in [0.2, 0.25) is 5.91 Å². The molecule has 0 saturated heterocycles. The zero-order valence-corrected chi connectivity index (χ0v) is 14.1. The number of alkyl halides is 3. The second kappa shape index (κ2) is 6.09. The standard InChI is InChI=1S/C19H16F3NOS/c20-19(21,22)13-9-15(23-18(24)11-5-3-6-11)14-8-12-4-1-2-7-16(12)25-17(14)10-13/h1-2,4,7,9-11H,3,5-6,8H2,(H,23,24). The van der Waals surface area contributed by atoms with E-state index >= 15 is 0 Å². The van der Waals surface area contributed by atoms with Crippen molar-refractivity contribution in [2.45, 2.75) is 41.7 Å². The highest BCUT2D eigenvalue weighted by Crippen LogP contribution is 2.45. The van der Waals surface area contributed by atoms with Crippen LogP contribution in [-0.2, 0) is 17.4 Å². The molecular formula is C19H16F3NOS. The molecule has 2 aromatic rings. The van der Waals surface area contributed by atoms with Crippen LogP contribution in [0, 0.1) is 5.92 Å². The molecule has 1 N–H and O–H groups in total. The molecule has 1 saturated carbocycles. The molecule has 1 aliphatic heterocycles. The third-order valence-corrected chi connectivity index (χ3v) is 6.03. The Bertz CT molecular complexity index is 843. The Labute approximate surface area is 147 Å². The molecular weight excluding hydrogens is 347 g/mol. The average Bonchev–Trinajstić information content (AvgIpc) is 2.50. The number of hydrogen-bond acceptors (Lipinski definition) is 2. The van der Waals surface area contributed by atoms with Crippen molar-refractivity contribution in [2.24, 2.45) is 5.92 Å². The van der Waals surface area contributed by atoms with E-state index in [-0.39, 0.29) is 11.8 Å². The van der Waals surface area contributed by atoms with Gasteiger partial charge in [0.25, 0.3) is 0 Å². The molecule has 2 nitrogen and oxygen atoms in total. The molecule has 6 heteroatoms. The molecule has 2 aromatic carbocycles. The molecule has 25 heavy (non-hydrogen) atoms. The number of benzene rings is 2. The second-order valence-corrected chi connectivity index (χ2v) is 7.59. The van der Waals surface area contributed by atoms with E-state index in [2.05, 4.69) is 5.32 Å². The van der Waals surface area contributed by atoms with E-state index < -0.39 is 11.7 Å². The van der Waals surface area contributed by atoms with Crippen molar-refractivity contribution in [1.82, 2.24) is 0 Å². The minimum atomic E-state index is -4.44. The van der Waals surface area contributed by atoms with Gasteiger partial charge in [0.05, 0.1) is 5.56 Å². The maximum atomic E-state index is 13.3. The number of hydrogen-bond donors (Lipinski definition) is 1. The predicted octanol–water partition coefficient (Wildman–Crippen LogP) is 5.50. The summed E-state index contributed by atoms with van der Waals surface area (Å²) in [5, 5.41) is 2.76. The summed E-state index contributed by atoms with van der Waals surface area (Å²) in [6.45, 7) is 0. The Balaban J connectivity index is 1.75. The Kier molecular flexibility index (Phi) is 4.02. The van der Waals surface area contributed by atoms with Crippen LogP contribution in [0.5, 0.6) is 0 Å². The van der Waals surface area contributed by atoms with Gasteiger partial charge in [-0.2, -0.15) is 13.2 Å². The van der Waals surface area contributed by atoms with Gasteiger partial charge in [0.1, 0.15) is 0 Å². The van der Waals surface area contributed by atoms with Gasteiger partial charge < -0.3 is 5.32 Å². The molecule has 0 aromatic heterocycles. The summed E-state index contributed by atoms with van der Waals surface area (Å²) in [4.78, 5) is 13.8. The highest BCUT2D eigenvalue weighted by atomic mass is 32.2. The molecule has 1 fully saturated rings. The number of carbonyl (C=O) groups is 1. The summed E-state index contributed by atoms with van der Waals surface area (Å²) >= 11 is 1.33. The largest absolute Gasteiger partial charge is 0.416 e. The predicted molar refractivity (Wildman–Crippen MR) is 90.8 cm³/mol. The minimum Gasteiger partial charge on any atom is -0.326 e.